The Balaban J connectivity index is 1.75. The summed E-state index contributed by atoms with van der Waals surface area (Å²) in [5.41, 5.74) is 1.30. The molecule has 4 aliphatic rings. The topological polar surface area (TPSA) is 40.5 Å². The van der Waals surface area contributed by atoms with Gasteiger partial charge in [-0.1, -0.05) is 31.9 Å². The first-order chi connectivity index (χ1) is 10.4. The fraction of sp³-hybridized carbons (Fsp3) is 0.895. The fourth-order valence-corrected chi connectivity index (χ4v) is 6.63. The lowest BCUT2D eigenvalue weighted by Crippen LogP contribution is -2.54. The molecule has 3 unspecified atom stereocenters. The molecule has 0 aliphatic heterocycles. The molecule has 4 rings (SSSR count). The van der Waals surface area contributed by atoms with Crippen molar-refractivity contribution >= 4 is 0 Å². The summed E-state index contributed by atoms with van der Waals surface area (Å²) in [5, 5.41) is 21.2. The number of rotatable bonds is 0. The van der Waals surface area contributed by atoms with Crippen molar-refractivity contribution < 1.29 is 14.6 Å². The lowest BCUT2D eigenvalue weighted by atomic mass is 9.47. The number of allylic oxidation sites excluding steroid dienone is 1. The van der Waals surface area contributed by atoms with Gasteiger partial charge in [-0.05, 0) is 67.1 Å². The van der Waals surface area contributed by atoms with Gasteiger partial charge in [0.1, 0.15) is 6.17 Å². The average molecular weight is 308 g/mol. The van der Waals surface area contributed by atoms with E-state index in [4.69, 9.17) is 0 Å². The molecule has 3 fully saturated rings. The second kappa shape index (κ2) is 4.80. The minimum Gasteiger partial charge on any atom is -0.390 e. The average Bonchev–Trinajstić information content (AvgIpc) is 2.71. The molecule has 0 heterocycles. The first-order valence-electron chi connectivity index (χ1n) is 9.09. The van der Waals surface area contributed by atoms with Crippen molar-refractivity contribution in [3.8, 4) is 0 Å². The Morgan fingerprint density at radius 3 is 2.68 bits per heavy atom. The van der Waals surface area contributed by atoms with Crippen molar-refractivity contribution in [3.05, 3.63) is 11.6 Å². The summed E-state index contributed by atoms with van der Waals surface area (Å²) in [5.74, 6) is 0.696. The van der Waals surface area contributed by atoms with Gasteiger partial charge in [0.15, 0.2) is 0 Å². The second-order valence-corrected chi connectivity index (χ2v) is 8.84. The zero-order valence-corrected chi connectivity index (χ0v) is 13.8. The van der Waals surface area contributed by atoms with Crippen LogP contribution < -0.4 is 0 Å². The Bertz CT molecular complexity index is 504. The number of hydrogen-bond acceptors (Lipinski definition) is 2. The van der Waals surface area contributed by atoms with E-state index in [2.05, 4.69) is 13.0 Å². The molecule has 0 amide bonds. The van der Waals surface area contributed by atoms with Crippen molar-refractivity contribution in [3.63, 3.8) is 0 Å². The van der Waals surface area contributed by atoms with Crippen LogP contribution in [0.4, 0.5) is 4.39 Å². The van der Waals surface area contributed by atoms with Crippen LogP contribution in [0.25, 0.3) is 0 Å². The molecule has 0 radical (unpaired) electrons. The Labute approximate surface area is 132 Å². The first-order valence-corrected chi connectivity index (χ1v) is 9.09. The molecule has 2 nitrogen and oxygen atoms in total. The zero-order chi connectivity index (χ0) is 15.7. The molecule has 0 aromatic carbocycles. The molecule has 2 N–H and O–H groups in total. The molecule has 0 aromatic heterocycles. The summed E-state index contributed by atoms with van der Waals surface area (Å²) >= 11 is 0. The highest BCUT2D eigenvalue weighted by Gasteiger charge is 2.62. The minimum absolute atomic E-state index is 0.114. The van der Waals surface area contributed by atoms with Crippen LogP contribution >= 0.6 is 0 Å². The van der Waals surface area contributed by atoms with Crippen LogP contribution in [0, 0.1) is 28.6 Å². The van der Waals surface area contributed by atoms with Gasteiger partial charge < -0.3 is 10.2 Å². The zero-order valence-electron chi connectivity index (χ0n) is 13.8. The third kappa shape index (κ3) is 1.78. The van der Waals surface area contributed by atoms with Crippen LogP contribution in [0.1, 0.15) is 58.8 Å². The Kier molecular flexibility index (Phi) is 3.30. The van der Waals surface area contributed by atoms with Gasteiger partial charge in [0.05, 0.1) is 12.2 Å². The maximum absolute atomic E-state index is 14.2. The van der Waals surface area contributed by atoms with E-state index >= 15 is 0 Å². The molecule has 0 aromatic rings. The van der Waals surface area contributed by atoms with E-state index in [0.717, 1.165) is 19.3 Å². The summed E-state index contributed by atoms with van der Waals surface area (Å²) in [6, 6.07) is 0. The summed E-state index contributed by atoms with van der Waals surface area (Å²) < 4.78 is 14.2. The van der Waals surface area contributed by atoms with Crippen LogP contribution in [0.15, 0.2) is 11.6 Å². The number of hydrogen-bond donors (Lipinski definition) is 2. The van der Waals surface area contributed by atoms with E-state index in [9.17, 15) is 14.6 Å². The lowest BCUT2D eigenvalue weighted by Gasteiger charge is -2.58. The molecule has 4 aliphatic carbocycles. The lowest BCUT2D eigenvalue weighted by molar-refractivity contribution is -0.104. The summed E-state index contributed by atoms with van der Waals surface area (Å²) in [6.45, 7) is 4.43. The molecule has 3 saturated carbocycles. The van der Waals surface area contributed by atoms with Crippen molar-refractivity contribution in [2.75, 3.05) is 0 Å². The maximum Gasteiger partial charge on any atom is 0.127 e. The van der Waals surface area contributed by atoms with Crippen LogP contribution in [-0.4, -0.2) is 28.6 Å². The third-order valence-corrected chi connectivity index (χ3v) is 7.98. The summed E-state index contributed by atoms with van der Waals surface area (Å²) in [4.78, 5) is 0. The normalized spacial score (nSPS) is 57.6. The highest BCUT2D eigenvalue weighted by atomic mass is 19.1. The predicted octanol–water partition coefficient (Wildman–Crippen LogP) is 3.62. The molecule has 124 valence electrons. The van der Waals surface area contributed by atoms with E-state index in [-0.39, 0.29) is 22.7 Å². The van der Waals surface area contributed by atoms with E-state index in [0.29, 0.717) is 12.3 Å². The number of aliphatic hydroxyl groups is 2. The molecule has 0 spiro atoms. The molecule has 0 bridgehead atoms. The van der Waals surface area contributed by atoms with Gasteiger partial charge in [-0.25, -0.2) is 4.39 Å². The Hall–Kier alpha value is -0.410. The van der Waals surface area contributed by atoms with Gasteiger partial charge in [0.25, 0.3) is 0 Å². The SMILES string of the molecule is C[C@]12CCCCC1=CC(O)[C@@H]1[C@H]2CC[C@]2(C)C(O)C(F)C[C@@H]12. The first kappa shape index (κ1) is 15.1. The predicted molar refractivity (Wildman–Crippen MR) is 84.0 cm³/mol. The third-order valence-electron chi connectivity index (χ3n) is 7.98. The number of alkyl halides is 1. The van der Waals surface area contributed by atoms with Gasteiger partial charge >= 0.3 is 0 Å². The van der Waals surface area contributed by atoms with Crippen molar-refractivity contribution in [2.24, 2.45) is 28.6 Å². The van der Waals surface area contributed by atoms with E-state index < -0.39 is 18.4 Å². The van der Waals surface area contributed by atoms with Crippen LogP contribution in [0.5, 0.6) is 0 Å². The molecule has 3 heteroatoms. The van der Waals surface area contributed by atoms with Crippen LogP contribution in [-0.2, 0) is 0 Å². The van der Waals surface area contributed by atoms with Gasteiger partial charge in [-0.3, -0.25) is 0 Å². The molecule has 22 heavy (non-hydrogen) atoms. The molecular formula is C19H29FO2. The Morgan fingerprint density at radius 1 is 1.14 bits per heavy atom. The van der Waals surface area contributed by atoms with Crippen LogP contribution in [0.2, 0.25) is 0 Å². The number of halogens is 1. The van der Waals surface area contributed by atoms with Crippen molar-refractivity contribution in [2.45, 2.75) is 77.2 Å². The monoisotopic (exact) mass is 308 g/mol. The van der Waals surface area contributed by atoms with Gasteiger partial charge in [-0.15, -0.1) is 0 Å². The standard InChI is InChI=1S/C19H29FO2/c1-18-7-4-3-5-11(18)9-15(21)16-12(18)6-8-19(2)13(16)10-14(20)17(19)22/h9,12-17,21-22H,3-8,10H2,1-2H3/t12-,13+,14?,15?,16-,17?,18+,19+/m1/s1. The summed E-state index contributed by atoms with van der Waals surface area (Å²) in [7, 11) is 0. The van der Waals surface area contributed by atoms with E-state index in [1.807, 2.05) is 6.92 Å². The number of aliphatic hydroxyl groups excluding tert-OH is 2. The smallest absolute Gasteiger partial charge is 0.127 e. The molecule has 0 saturated heterocycles. The van der Waals surface area contributed by atoms with E-state index in [1.165, 1.54) is 24.8 Å². The molecule has 8 atom stereocenters. The highest BCUT2D eigenvalue weighted by molar-refractivity contribution is 5.27. The fourth-order valence-electron chi connectivity index (χ4n) is 6.63. The van der Waals surface area contributed by atoms with Crippen molar-refractivity contribution in [1.29, 1.82) is 0 Å². The number of fused-ring (bicyclic) bond motifs is 5. The van der Waals surface area contributed by atoms with Gasteiger partial charge in [0.2, 0.25) is 0 Å². The molecular weight excluding hydrogens is 279 g/mol. The van der Waals surface area contributed by atoms with Gasteiger partial charge in [-0.2, -0.15) is 0 Å². The maximum atomic E-state index is 14.2. The largest absolute Gasteiger partial charge is 0.390 e. The van der Waals surface area contributed by atoms with Crippen LogP contribution in [0.3, 0.4) is 0 Å². The van der Waals surface area contributed by atoms with E-state index in [1.54, 1.807) is 0 Å². The highest BCUT2D eigenvalue weighted by Crippen LogP contribution is 2.65. The quantitative estimate of drug-likeness (QED) is 0.671. The van der Waals surface area contributed by atoms with Crippen molar-refractivity contribution in [1.82, 2.24) is 0 Å². The second-order valence-electron chi connectivity index (χ2n) is 8.84. The minimum atomic E-state index is -1.12. The summed E-state index contributed by atoms with van der Waals surface area (Å²) in [6.07, 6.45) is 6.85. The Morgan fingerprint density at radius 2 is 1.91 bits per heavy atom. The van der Waals surface area contributed by atoms with Gasteiger partial charge in [0, 0.05) is 0 Å².